The van der Waals surface area contributed by atoms with Gasteiger partial charge in [-0.3, -0.25) is 14.3 Å². The Labute approximate surface area is 170 Å². The van der Waals surface area contributed by atoms with Crippen LogP contribution in [0.1, 0.15) is 38.2 Å². The molecule has 1 N–H and O–H groups in total. The average Bonchev–Trinajstić information content (AvgIpc) is 3.19. The summed E-state index contributed by atoms with van der Waals surface area (Å²) in [6, 6.07) is 4.32. The molecule has 0 aliphatic heterocycles. The highest BCUT2D eigenvalue weighted by molar-refractivity contribution is 7.68. The van der Waals surface area contributed by atoms with Crippen LogP contribution < -0.4 is 10.7 Å². The summed E-state index contributed by atoms with van der Waals surface area (Å²) < 4.78 is 35.1. The maximum absolute atomic E-state index is 12.9. The van der Waals surface area contributed by atoms with E-state index in [0.717, 1.165) is 4.68 Å². The van der Waals surface area contributed by atoms with Crippen molar-refractivity contribution in [3.05, 3.63) is 36.3 Å². The van der Waals surface area contributed by atoms with E-state index < -0.39 is 21.4 Å². The highest BCUT2D eigenvalue weighted by atomic mass is 31.2. The van der Waals surface area contributed by atoms with E-state index in [2.05, 4.69) is 10.1 Å². The lowest BCUT2D eigenvalue weighted by Gasteiger charge is -2.17. The van der Waals surface area contributed by atoms with E-state index in [1.165, 1.54) is 30.6 Å². The second kappa shape index (κ2) is 10.5. The van der Waals surface area contributed by atoms with Crippen LogP contribution in [0.3, 0.4) is 0 Å². The van der Waals surface area contributed by atoms with Gasteiger partial charge >= 0.3 is 15.5 Å². The van der Waals surface area contributed by atoms with E-state index in [1.807, 2.05) is 0 Å². The van der Waals surface area contributed by atoms with E-state index in [9.17, 15) is 14.3 Å². The third kappa shape index (κ3) is 5.35. The molecule has 0 radical (unpaired) electrons. The molecule has 29 heavy (non-hydrogen) atoms. The SMILES string of the molecule is CCOP(=O)(OCC)c1ccc(C(=O)n2nccc2[P+](O)(OCC)OCC)nc1. The van der Waals surface area contributed by atoms with Crippen LogP contribution in [0, 0.1) is 0 Å². The van der Waals surface area contributed by atoms with Crippen molar-refractivity contribution in [1.82, 2.24) is 14.8 Å². The number of hydrogen-bond acceptors (Lipinski definition) is 9. The van der Waals surface area contributed by atoms with Crippen molar-refractivity contribution in [2.75, 3.05) is 26.4 Å². The van der Waals surface area contributed by atoms with Crippen molar-refractivity contribution in [3.63, 3.8) is 0 Å². The number of carbonyl (C=O) groups excluding carboxylic acids is 1. The van der Waals surface area contributed by atoms with Gasteiger partial charge in [-0.25, -0.2) is 0 Å². The molecule has 160 valence electrons. The minimum Gasteiger partial charge on any atom is -0.305 e. The van der Waals surface area contributed by atoms with Gasteiger partial charge < -0.3 is 9.05 Å². The van der Waals surface area contributed by atoms with Crippen molar-refractivity contribution in [2.24, 2.45) is 0 Å². The largest absolute Gasteiger partial charge is 0.466 e. The first kappa shape index (κ1) is 23.8. The van der Waals surface area contributed by atoms with Crippen LogP contribution in [0.5, 0.6) is 0 Å². The maximum atomic E-state index is 12.9. The Kier molecular flexibility index (Phi) is 8.60. The predicted molar refractivity (Wildman–Crippen MR) is 109 cm³/mol. The topological polar surface area (TPSA) is 122 Å². The van der Waals surface area contributed by atoms with Crippen LogP contribution in [-0.2, 0) is 22.7 Å². The Morgan fingerprint density at radius 1 is 1.07 bits per heavy atom. The molecule has 0 amide bonds. The molecule has 2 aromatic rings. The fourth-order valence-electron chi connectivity index (χ4n) is 2.50. The van der Waals surface area contributed by atoms with Gasteiger partial charge in [0.2, 0.25) is 0 Å². The van der Waals surface area contributed by atoms with Gasteiger partial charge in [-0.2, -0.15) is 23.7 Å². The summed E-state index contributed by atoms with van der Waals surface area (Å²) in [5.74, 6) is -0.600. The molecule has 0 aromatic carbocycles. The minimum absolute atomic E-state index is 0.0257. The molecule has 0 bridgehead atoms. The molecule has 0 aliphatic carbocycles. The smallest absolute Gasteiger partial charge is 0.305 e. The molecule has 10 nitrogen and oxygen atoms in total. The summed E-state index contributed by atoms with van der Waals surface area (Å²) in [5, 5.41) is 4.23. The van der Waals surface area contributed by atoms with E-state index in [1.54, 1.807) is 27.7 Å². The number of pyridine rings is 1. The number of carbonyl (C=O) groups is 1. The normalized spacial score (nSPS) is 12.3. The van der Waals surface area contributed by atoms with Gasteiger partial charge in [0.1, 0.15) is 5.69 Å². The molecule has 2 heterocycles. The summed E-state index contributed by atoms with van der Waals surface area (Å²) in [7, 11) is -6.98. The summed E-state index contributed by atoms with van der Waals surface area (Å²) in [6.45, 7) is 7.62. The highest BCUT2D eigenvalue weighted by Gasteiger charge is 2.48. The lowest BCUT2D eigenvalue weighted by Crippen LogP contribution is -2.31. The second-order valence-corrected chi connectivity index (χ2v) is 9.54. The fraction of sp³-hybridized carbons (Fsp3) is 0.471. The van der Waals surface area contributed by atoms with Gasteiger partial charge in [-0.1, -0.05) is 0 Å². The van der Waals surface area contributed by atoms with Crippen molar-refractivity contribution >= 4 is 32.2 Å². The van der Waals surface area contributed by atoms with Gasteiger partial charge in [-0.05, 0) is 39.8 Å². The van der Waals surface area contributed by atoms with E-state index in [0.29, 0.717) is 0 Å². The molecule has 0 spiro atoms. The zero-order valence-electron chi connectivity index (χ0n) is 16.8. The second-order valence-electron chi connectivity index (χ2n) is 5.50. The number of rotatable bonds is 11. The lowest BCUT2D eigenvalue weighted by atomic mass is 10.3. The standard InChI is InChI=1S/C17H26N3O7P2/c1-5-24-28(22,25-6-2)14-9-10-15(18-13-14)17(21)20-16(11-12-19-20)29(23,26-7-3)27-8-4/h9-13,23H,5-8H2,1-4H3/q+1. The Hall–Kier alpha value is -1.51. The Morgan fingerprint density at radius 3 is 2.17 bits per heavy atom. The monoisotopic (exact) mass is 446 g/mol. The molecule has 2 aromatic heterocycles. The van der Waals surface area contributed by atoms with Gasteiger partial charge in [0, 0.05) is 12.3 Å². The Balaban J connectivity index is 2.35. The Bertz CT molecular complexity index is 841. The van der Waals surface area contributed by atoms with E-state index in [-0.39, 0.29) is 42.9 Å². The molecule has 0 fully saturated rings. The molecule has 0 saturated carbocycles. The molecular formula is C17H26N3O7P2+. The van der Waals surface area contributed by atoms with Gasteiger partial charge in [-0.15, -0.1) is 0 Å². The lowest BCUT2D eigenvalue weighted by molar-refractivity contribution is 0.0940. The van der Waals surface area contributed by atoms with Crippen LogP contribution in [0.15, 0.2) is 30.6 Å². The van der Waals surface area contributed by atoms with Crippen molar-refractivity contribution in [1.29, 1.82) is 0 Å². The zero-order chi connectivity index (χ0) is 21.5. The summed E-state index contributed by atoms with van der Waals surface area (Å²) in [4.78, 5) is 27.8. The average molecular weight is 446 g/mol. The number of hydrogen-bond donors (Lipinski definition) is 1. The van der Waals surface area contributed by atoms with Crippen molar-refractivity contribution < 1.29 is 32.3 Å². The van der Waals surface area contributed by atoms with Crippen LogP contribution in [0.4, 0.5) is 0 Å². The highest BCUT2D eigenvalue weighted by Crippen LogP contribution is 2.55. The van der Waals surface area contributed by atoms with Gasteiger partial charge in [0.15, 0.2) is 0 Å². The molecule has 0 aliphatic rings. The predicted octanol–water partition coefficient (Wildman–Crippen LogP) is 2.31. The quantitative estimate of drug-likeness (QED) is 0.518. The summed E-state index contributed by atoms with van der Waals surface area (Å²) >= 11 is 0. The first-order valence-corrected chi connectivity index (χ1v) is 12.3. The van der Waals surface area contributed by atoms with Gasteiger partial charge in [0.05, 0.1) is 37.9 Å². The minimum atomic E-state index is -3.51. The van der Waals surface area contributed by atoms with Crippen molar-refractivity contribution in [3.8, 4) is 0 Å². The summed E-state index contributed by atoms with van der Waals surface area (Å²) in [6.07, 6.45) is 2.64. The zero-order valence-corrected chi connectivity index (χ0v) is 18.6. The number of aromatic nitrogens is 3. The number of nitrogens with zero attached hydrogens (tertiary/aromatic N) is 3. The molecule has 0 atom stereocenters. The molecule has 12 heteroatoms. The molecule has 0 unspecified atom stereocenters. The maximum Gasteiger partial charge on any atom is 0.466 e. The molecule has 2 rings (SSSR count). The van der Waals surface area contributed by atoms with Crippen LogP contribution in [0.25, 0.3) is 0 Å². The Morgan fingerprint density at radius 2 is 1.69 bits per heavy atom. The van der Waals surface area contributed by atoms with E-state index >= 15 is 0 Å². The summed E-state index contributed by atoms with van der Waals surface area (Å²) in [5.41, 5.74) is 0.143. The van der Waals surface area contributed by atoms with Crippen molar-refractivity contribution in [2.45, 2.75) is 27.7 Å². The fourth-order valence-corrected chi connectivity index (χ4v) is 5.68. The van der Waals surface area contributed by atoms with Crippen LogP contribution in [0.2, 0.25) is 0 Å². The van der Waals surface area contributed by atoms with E-state index in [4.69, 9.17) is 18.1 Å². The van der Waals surface area contributed by atoms with Crippen LogP contribution in [-0.4, -0.2) is 52.0 Å². The van der Waals surface area contributed by atoms with Crippen LogP contribution >= 0.6 is 15.5 Å². The molecular weight excluding hydrogens is 420 g/mol. The first-order valence-electron chi connectivity index (χ1n) is 9.21. The van der Waals surface area contributed by atoms with Gasteiger partial charge in [0.25, 0.3) is 11.3 Å². The third-order valence-corrected chi connectivity index (χ3v) is 7.82. The molecule has 0 saturated heterocycles. The third-order valence-electron chi connectivity index (χ3n) is 3.59. The first-order chi connectivity index (χ1) is 13.8.